The number of hydrogen-bond acceptors (Lipinski definition) is 2. The summed E-state index contributed by atoms with van der Waals surface area (Å²) in [5, 5.41) is 2.54. The molecule has 1 aliphatic carbocycles. The maximum Gasteiger partial charge on any atom is 0.311 e. The summed E-state index contributed by atoms with van der Waals surface area (Å²) in [6.45, 7) is 2.31. The Labute approximate surface area is 91.0 Å². The van der Waals surface area contributed by atoms with E-state index in [1.165, 1.54) is 6.42 Å². The van der Waals surface area contributed by atoms with E-state index in [1.807, 2.05) is 6.92 Å². The lowest BCUT2D eigenvalue weighted by molar-refractivity contribution is -0.146. The molecule has 86 valence electrons. The summed E-state index contributed by atoms with van der Waals surface area (Å²) in [7, 11) is 1.73. The van der Waals surface area contributed by atoms with E-state index < -0.39 is 11.8 Å². The van der Waals surface area contributed by atoms with Crippen LogP contribution in [0.15, 0.2) is 0 Å². The van der Waals surface area contributed by atoms with Gasteiger partial charge in [-0.1, -0.05) is 19.3 Å². The molecule has 0 unspecified atom stereocenters. The van der Waals surface area contributed by atoms with Gasteiger partial charge in [0.2, 0.25) is 0 Å². The van der Waals surface area contributed by atoms with E-state index in [1.54, 1.807) is 11.9 Å². The van der Waals surface area contributed by atoms with Gasteiger partial charge in [-0.3, -0.25) is 9.59 Å². The average Bonchev–Trinajstić information content (AvgIpc) is 2.28. The SMILES string of the molecule is CCNC(=O)C(=O)N(C)C1CCCCC1. The second-order valence-corrected chi connectivity index (χ2v) is 4.07. The first kappa shape index (κ1) is 12.0. The number of likely N-dealkylation sites (N-methyl/N-ethyl adjacent to an activating group) is 2. The molecule has 0 aromatic carbocycles. The van der Waals surface area contributed by atoms with Crippen molar-refractivity contribution in [3.63, 3.8) is 0 Å². The van der Waals surface area contributed by atoms with Crippen LogP contribution in [0.1, 0.15) is 39.0 Å². The molecule has 0 bridgehead atoms. The van der Waals surface area contributed by atoms with Gasteiger partial charge in [-0.2, -0.15) is 0 Å². The van der Waals surface area contributed by atoms with Crippen LogP contribution in [0, 0.1) is 0 Å². The van der Waals surface area contributed by atoms with E-state index in [0.717, 1.165) is 25.7 Å². The van der Waals surface area contributed by atoms with Crippen molar-refractivity contribution in [3.05, 3.63) is 0 Å². The molecule has 0 atom stereocenters. The fourth-order valence-electron chi connectivity index (χ4n) is 2.03. The van der Waals surface area contributed by atoms with Gasteiger partial charge in [-0.15, -0.1) is 0 Å². The quantitative estimate of drug-likeness (QED) is 0.692. The Morgan fingerprint density at radius 1 is 1.27 bits per heavy atom. The zero-order chi connectivity index (χ0) is 11.3. The van der Waals surface area contributed by atoms with Gasteiger partial charge in [0.1, 0.15) is 0 Å². The topological polar surface area (TPSA) is 49.4 Å². The fourth-order valence-corrected chi connectivity index (χ4v) is 2.03. The predicted molar refractivity (Wildman–Crippen MR) is 58.3 cm³/mol. The van der Waals surface area contributed by atoms with Crippen molar-refractivity contribution in [3.8, 4) is 0 Å². The van der Waals surface area contributed by atoms with E-state index in [-0.39, 0.29) is 6.04 Å². The van der Waals surface area contributed by atoms with Gasteiger partial charge in [0.25, 0.3) is 0 Å². The predicted octanol–water partition coefficient (Wildman–Crippen LogP) is 0.914. The third-order valence-electron chi connectivity index (χ3n) is 2.97. The van der Waals surface area contributed by atoms with E-state index in [9.17, 15) is 9.59 Å². The molecule has 1 rings (SSSR count). The number of carbonyl (C=O) groups is 2. The first-order valence-corrected chi connectivity index (χ1v) is 5.71. The number of amides is 2. The van der Waals surface area contributed by atoms with Crippen LogP contribution in [0.3, 0.4) is 0 Å². The zero-order valence-corrected chi connectivity index (χ0v) is 9.58. The fraction of sp³-hybridized carbons (Fsp3) is 0.818. The zero-order valence-electron chi connectivity index (χ0n) is 9.58. The van der Waals surface area contributed by atoms with Gasteiger partial charge in [0, 0.05) is 19.6 Å². The Kier molecular flexibility index (Phi) is 4.59. The van der Waals surface area contributed by atoms with Gasteiger partial charge in [0.15, 0.2) is 0 Å². The molecule has 0 aromatic heterocycles. The highest BCUT2D eigenvalue weighted by atomic mass is 16.2. The summed E-state index contributed by atoms with van der Waals surface area (Å²) >= 11 is 0. The molecule has 4 nitrogen and oxygen atoms in total. The van der Waals surface area contributed by atoms with Crippen molar-refractivity contribution in [1.29, 1.82) is 0 Å². The van der Waals surface area contributed by atoms with Crippen molar-refractivity contribution >= 4 is 11.8 Å². The number of carbonyl (C=O) groups excluding carboxylic acids is 2. The summed E-state index contributed by atoms with van der Waals surface area (Å²) < 4.78 is 0. The van der Waals surface area contributed by atoms with Crippen molar-refractivity contribution in [2.24, 2.45) is 0 Å². The molecule has 2 amide bonds. The second kappa shape index (κ2) is 5.73. The van der Waals surface area contributed by atoms with Crippen LogP contribution in [-0.2, 0) is 9.59 Å². The molecule has 0 aliphatic heterocycles. The number of rotatable bonds is 2. The molecule has 1 N–H and O–H groups in total. The molecule has 0 radical (unpaired) electrons. The second-order valence-electron chi connectivity index (χ2n) is 4.07. The molecular formula is C11H20N2O2. The van der Waals surface area contributed by atoms with Crippen molar-refractivity contribution in [2.45, 2.75) is 45.1 Å². The molecule has 0 saturated heterocycles. The Bertz CT molecular complexity index is 235. The smallest absolute Gasteiger partial charge is 0.311 e. The third-order valence-corrected chi connectivity index (χ3v) is 2.97. The monoisotopic (exact) mass is 212 g/mol. The van der Waals surface area contributed by atoms with E-state index in [0.29, 0.717) is 6.54 Å². The third kappa shape index (κ3) is 3.22. The van der Waals surface area contributed by atoms with Crippen molar-refractivity contribution < 1.29 is 9.59 Å². The van der Waals surface area contributed by atoms with Gasteiger partial charge in [-0.05, 0) is 19.8 Å². The molecule has 0 spiro atoms. The van der Waals surface area contributed by atoms with Crippen molar-refractivity contribution in [2.75, 3.05) is 13.6 Å². The van der Waals surface area contributed by atoms with E-state index in [2.05, 4.69) is 5.32 Å². The van der Waals surface area contributed by atoms with E-state index >= 15 is 0 Å². The first-order chi connectivity index (χ1) is 7.16. The Morgan fingerprint density at radius 3 is 2.40 bits per heavy atom. The Morgan fingerprint density at radius 2 is 1.87 bits per heavy atom. The molecular weight excluding hydrogens is 192 g/mol. The van der Waals surface area contributed by atoms with Crippen molar-refractivity contribution in [1.82, 2.24) is 10.2 Å². The lowest BCUT2D eigenvalue weighted by atomic mass is 9.94. The molecule has 1 fully saturated rings. The van der Waals surface area contributed by atoms with Gasteiger partial charge in [0.05, 0.1) is 0 Å². The highest BCUT2D eigenvalue weighted by Crippen LogP contribution is 2.21. The Hall–Kier alpha value is -1.06. The molecule has 0 aromatic rings. The summed E-state index contributed by atoms with van der Waals surface area (Å²) in [6, 6.07) is 0.258. The molecule has 1 aliphatic rings. The standard InChI is InChI=1S/C11H20N2O2/c1-3-12-10(14)11(15)13(2)9-7-5-4-6-8-9/h9H,3-8H2,1-2H3,(H,12,14). The highest BCUT2D eigenvalue weighted by molar-refractivity contribution is 6.34. The van der Waals surface area contributed by atoms with Crippen LogP contribution in [0.2, 0.25) is 0 Å². The average molecular weight is 212 g/mol. The molecule has 1 saturated carbocycles. The van der Waals surface area contributed by atoms with Crippen LogP contribution in [0.25, 0.3) is 0 Å². The summed E-state index contributed by atoms with van der Waals surface area (Å²) in [5.74, 6) is -0.880. The maximum atomic E-state index is 11.6. The normalized spacial score (nSPS) is 17.2. The van der Waals surface area contributed by atoms with Crippen LogP contribution in [0.5, 0.6) is 0 Å². The summed E-state index contributed by atoms with van der Waals surface area (Å²) in [4.78, 5) is 24.6. The molecule has 4 heteroatoms. The number of hydrogen-bond donors (Lipinski definition) is 1. The van der Waals surface area contributed by atoms with Crippen LogP contribution >= 0.6 is 0 Å². The van der Waals surface area contributed by atoms with Gasteiger partial charge in [-0.25, -0.2) is 0 Å². The van der Waals surface area contributed by atoms with Crippen LogP contribution in [0.4, 0.5) is 0 Å². The minimum absolute atomic E-state index is 0.258. The molecule has 15 heavy (non-hydrogen) atoms. The largest absolute Gasteiger partial charge is 0.348 e. The van der Waals surface area contributed by atoms with Crippen LogP contribution in [-0.4, -0.2) is 36.3 Å². The molecule has 0 heterocycles. The number of nitrogens with one attached hydrogen (secondary N) is 1. The minimum Gasteiger partial charge on any atom is -0.348 e. The van der Waals surface area contributed by atoms with Gasteiger partial charge >= 0.3 is 11.8 Å². The summed E-state index contributed by atoms with van der Waals surface area (Å²) in [6.07, 6.45) is 5.64. The minimum atomic E-state index is -0.481. The van der Waals surface area contributed by atoms with Crippen LogP contribution < -0.4 is 5.32 Å². The maximum absolute atomic E-state index is 11.6. The van der Waals surface area contributed by atoms with Gasteiger partial charge < -0.3 is 10.2 Å². The summed E-state index contributed by atoms with van der Waals surface area (Å²) in [5.41, 5.74) is 0. The first-order valence-electron chi connectivity index (χ1n) is 5.71. The lowest BCUT2D eigenvalue weighted by Crippen LogP contribution is -2.46. The number of nitrogens with zero attached hydrogens (tertiary/aromatic N) is 1. The Balaban J connectivity index is 2.47. The highest BCUT2D eigenvalue weighted by Gasteiger charge is 2.25. The van der Waals surface area contributed by atoms with E-state index in [4.69, 9.17) is 0 Å². The lowest BCUT2D eigenvalue weighted by Gasteiger charge is -2.30.